The van der Waals surface area contributed by atoms with E-state index in [9.17, 15) is 4.79 Å². The fourth-order valence-electron chi connectivity index (χ4n) is 3.70. The van der Waals surface area contributed by atoms with Crippen LogP contribution in [0.1, 0.15) is 66.6 Å². The van der Waals surface area contributed by atoms with Crippen molar-refractivity contribution in [1.82, 2.24) is 9.78 Å². The predicted octanol–water partition coefficient (Wildman–Crippen LogP) is 4.17. The smallest absolute Gasteiger partial charge is 0.255 e. The molecular formula is C21H27N3O2. The van der Waals surface area contributed by atoms with Gasteiger partial charge in [-0.15, -0.1) is 0 Å². The highest BCUT2D eigenvalue weighted by atomic mass is 16.5. The molecule has 138 valence electrons. The summed E-state index contributed by atoms with van der Waals surface area (Å²) in [6.07, 6.45) is 5.20. The van der Waals surface area contributed by atoms with Crippen LogP contribution in [0.2, 0.25) is 0 Å². The van der Waals surface area contributed by atoms with Gasteiger partial charge in [-0.2, -0.15) is 5.10 Å². The highest BCUT2D eigenvalue weighted by Crippen LogP contribution is 2.43. The monoisotopic (exact) mass is 353 g/mol. The Morgan fingerprint density at radius 3 is 2.85 bits per heavy atom. The Bertz CT molecular complexity index is 786. The maximum atomic E-state index is 12.8. The van der Waals surface area contributed by atoms with E-state index in [4.69, 9.17) is 4.74 Å². The van der Waals surface area contributed by atoms with Gasteiger partial charge in [-0.25, -0.2) is 0 Å². The maximum Gasteiger partial charge on any atom is 0.255 e. The molecule has 1 saturated heterocycles. The second-order valence-electron chi connectivity index (χ2n) is 7.93. The first-order valence-electron chi connectivity index (χ1n) is 9.66. The molecule has 1 atom stereocenters. The van der Waals surface area contributed by atoms with Gasteiger partial charge in [0.2, 0.25) is 0 Å². The lowest BCUT2D eigenvalue weighted by molar-refractivity contribution is 0.102. The van der Waals surface area contributed by atoms with Crippen LogP contribution in [0.15, 0.2) is 30.5 Å². The summed E-state index contributed by atoms with van der Waals surface area (Å²) in [4.78, 5) is 12.8. The van der Waals surface area contributed by atoms with Crippen LogP contribution in [0.4, 0.5) is 5.69 Å². The predicted molar refractivity (Wildman–Crippen MR) is 102 cm³/mol. The molecule has 1 unspecified atom stereocenters. The Kier molecular flexibility index (Phi) is 4.81. The number of hydrogen-bond donors (Lipinski definition) is 1. The number of carbonyl (C=O) groups excluding carboxylic acids is 1. The van der Waals surface area contributed by atoms with Crippen LogP contribution in [-0.2, 0) is 11.3 Å². The van der Waals surface area contributed by atoms with E-state index >= 15 is 0 Å². The minimum Gasteiger partial charge on any atom is -0.381 e. The molecule has 5 nitrogen and oxygen atoms in total. The van der Waals surface area contributed by atoms with E-state index < -0.39 is 0 Å². The summed E-state index contributed by atoms with van der Waals surface area (Å²) < 4.78 is 7.55. The van der Waals surface area contributed by atoms with Crippen molar-refractivity contribution in [3.63, 3.8) is 0 Å². The number of aromatic nitrogens is 2. The molecule has 0 spiro atoms. The summed E-state index contributed by atoms with van der Waals surface area (Å²) in [5, 5.41) is 7.64. The number of carbonyl (C=O) groups is 1. The Morgan fingerprint density at radius 2 is 2.15 bits per heavy atom. The highest BCUT2D eigenvalue weighted by Gasteiger charge is 2.31. The largest absolute Gasteiger partial charge is 0.381 e. The molecule has 5 heteroatoms. The molecule has 2 aromatic rings. The molecule has 1 aliphatic heterocycles. The van der Waals surface area contributed by atoms with Crippen molar-refractivity contribution in [2.45, 2.75) is 51.5 Å². The molecule has 1 N–H and O–H groups in total. The molecule has 2 fully saturated rings. The number of nitrogens with zero attached hydrogens (tertiary/aromatic N) is 2. The van der Waals surface area contributed by atoms with Crippen molar-refractivity contribution in [2.75, 3.05) is 18.5 Å². The van der Waals surface area contributed by atoms with E-state index in [1.165, 1.54) is 24.1 Å². The number of hydrogen-bond acceptors (Lipinski definition) is 3. The van der Waals surface area contributed by atoms with Crippen molar-refractivity contribution in [1.29, 1.82) is 0 Å². The number of nitrogens with one attached hydrogen (secondary N) is 1. The third-order valence-corrected chi connectivity index (χ3v) is 5.18. The lowest BCUT2D eigenvalue weighted by Crippen LogP contribution is -2.15. The Morgan fingerprint density at radius 1 is 1.31 bits per heavy atom. The Balaban J connectivity index is 1.53. The average molecular weight is 353 g/mol. The topological polar surface area (TPSA) is 56.2 Å². The molecule has 0 radical (unpaired) electrons. The van der Waals surface area contributed by atoms with Crippen LogP contribution < -0.4 is 5.32 Å². The van der Waals surface area contributed by atoms with Gasteiger partial charge in [-0.05, 0) is 42.9 Å². The summed E-state index contributed by atoms with van der Waals surface area (Å²) in [7, 11) is 0. The molecule has 4 rings (SSSR count). The number of anilines is 1. The van der Waals surface area contributed by atoms with Gasteiger partial charge in [0, 0.05) is 30.6 Å². The summed E-state index contributed by atoms with van der Waals surface area (Å²) in [5.74, 6) is 1.41. The number of rotatable bonds is 6. The van der Waals surface area contributed by atoms with Gasteiger partial charge in [0.05, 0.1) is 24.2 Å². The molecule has 0 bridgehead atoms. The van der Waals surface area contributed by atoms with Crippen LogP contribution in [0.3, 0.4) is 0 Å². The summed E-state index contributed by atoms with van der Waals surface area (Å²) in [6.45, 7) is 6.82. The van der Waals surface area contributed by atoms with Crippen molar-refractivity contribution in [3.05, 3.63) is 47.3 Å². The fourth-order valence-corrected chi connectivity index (χ4v) is 3.70. The molecule has 2 heterocycles. The third-order valence-electron chi connectivity index (χ3n) is 5.18. The van der Waals surface area contributed by atoms with Crippen LogP contribution in [-0.4, -0.2) is 28.9 Å². The van der Waals surface area contributed by atoms with Gasteiger partial charge in [0.25, 0.3) is 5.91 Å². The lowest BCUT2D eigenvalue weighted by Gasteiger charge is -2.12. The zero-order valence-electron chi connectivity index (χ0n) is 15.6. The maximum absolute atomic E-state index is 12.8. The van der Waals surface area contributed by atoms with Crippen molar-refractivity contribution >= 4 is 11.6 Å². The molecule has 1 aromatic heterocycles. The number of amides is 1. The van der Waals surface area contributed by atoms with Gasteiger partial charge in [0.1, 0.15) is 0 Å². The van der Waals surface area contributed by atoms with Crippen LogP contribution in [0.25, 0.3) is 0 Å². The quantitative estimate of drug-likeness (QED) is 0.848. The van der Waals surface area contributed by atoms with Crippen molar-refractivity contribution in [2.24, 2.45) is 5.92 Å². The molecule has 26 heavy (non-hydrogen) atoms. The van der Waals surface area contributed by atoms with Gasteiger partial charge in [-0.3, -0.25) is 9.48 Å². The van der Waals surface area contributed by atoms with Gasteiger partial charge < -0.3 is 10.1 Å². The normalized spacial score (nSPS) is 19.9. The van der Waals surface area contributed by atoms with Crippen LogP contribution in [0, 0.1) is 5.92 Å². The summed E-state index contributed by atoms with van der Waals surface area (Å²) in [6, 6.07) is 7.94. The minimum atomic E-state index is -0.0586. The van der Waals surface area contributed by atoms with Crippen molar-refractivity contribution in [3.8, 4) is 0 Å². The van der Waals surface area contributed by atoms with E-state index in [-0.39, 0.29) is 5.91 Å². The second-order valence-corrected chi connectivity index (χ2v) is 7.93. The second kappa shape index (κ2) is 7.23. The molecule has 2 aliphatic rings. The van der Waals surface area contributed by atoms with E-state index in [1.54, 1.807) is 0 Å². The summed E-state index contributed by atoms with van der Waals surface area (Å²) >= 11 is 0. The van der Waals surface area contributed by atoms with Gasteiger partial charge in [-0.1, -0.05) is 26.0 Å². The van der Waals surface area contributed by atoms with Gasteiger partial charge >= 0.3 is 0 Å². The number of ether oxygens (including phenoxy) is 1. The molecule has 1 amide bonds. The molecule has 1 saturated carbocycles. The van der Waals surface area contributed by atoms with E-state index in [1.807, 2.05) is 24.4 Å². The van der Waals surface area contributed by atoms with E-state index in [0.29, 0.717) is 23.3 Å². The third kappa shape index (κ3) is 3.68. The first-order valence-corrected chi connectivity index (χ1v) is 9.66. The van der Waals surface area contributed by atoms with Gasteiger partial charge in [0.15, 0.2) is 0 Å². The molecular weight excluding hydrogens is 326 g/mol. The zero-order chi connectivity index (χ0) is 18.1. The zero-order valence-corrected chi connectivity index (χ0v) is 15.6. The minimum absolute atomic E-state index is 0.0586. The fraction of sp³-hybridized carbons (Fsp3) is 0.524. The van der Waals surface area contributed by atoms with E-state index in [0.717, 1.165) is 31.9 Å². The first-order chi connectivity index (χ1) is 12.6. The summed E-state index contributed by atoms with van der Waals surface area (Å²) in [5.41, 5.74) is 3.95. The Labute approximate surface area is 154 Å². The van der Waals surface area contributed by atoms with Crippen molar-refractivity contribution < 1.29 is 9.53 Å². The SMILES string of the molecule is CC(C)Cn1ncc(NC(=O)c2cccc(C3CCOC3)c2)c1C1CC1. The average Bonchev–Trinajstić information content (AvgIpc) is 3.16. The first kappa shape index (κ1) is 17.3. The lowest BCUT2D eigenvalue weighted by atomic mass is 9.96. The number of benzene rings is 1. The Hall–Kier alpha value is -2.14. The molecule has 1 aromatic carbocycles. The molecule has 1 aliphatic carbocycles. The van der Waals surface area contributed by atoms with Crippen LogP contribution >= 0.6 is 0 Å². The van der Waals surface area contributed by atoms with E-state index in [2.05, 4.69) is 35.0 Å². The van der Waals surface area contributed by atoms with Crippen LogP contribution in [0.5, 0.6) is 0 Å². The highest BCUT2D eigenvalue weighted by molar-refractivity contribution is 6.04. The standard InChI is InChI=1S/C21H27N3O2/c1-14(2)12-24-20(15-6-7-15)19(11-22-24)23-21(25)17-5-3-4-16(10-17)18-8-9-26-13-18/h3-5,10-11,14-15,18H,6-9,12-13H2,1-2H3,(H,23,25).